The van der Waals surface area contributed by atoms with Crippen molar-refractivity contribution in [2.45, 2.75) is 4.90 Å². The maximum atomic E-state index is 12.6. The summed E-state index contributed by atoms with van der Waals surface area (Å²) in [4.78, 5) is 23.1. The molecule has 0 saturated heterocycles. The number of nitrogens with one attached hydrogen (secondary N) is 2. The summed E-state index contributed by atoms with van der Waals surface area (Å²) in [6.45, 7) is 0.421. The third-order valence-electron chi connectivity index (χ3n) is 4.58. The summed E-state index contributed by atoms with van der Waals surface area (Å²) in [6.07, 6.45) is 0.986. The normalized spacial score (nSPS) is 11.4. The fourth-order valence-electron chi connectivity index (χ4n) is 3.10. The molecule has 2 aromatic carbocycles. The van der Waals surface area contributed by atoms with Gasteiger partial charge in [0.25, 0.3) is 11.6 Å². The van der Waals surface area contributed by atoms with E-state index < -0.39 is 14.8 Å². The van der Waals surface area contributed by atoms with Crippen LogP contribution in [-0.2, 0) is 16.9 Å². The van der Waals surface area contributed by atoms with E-state index in [1.54, 1.807) is 11.6 Å². The Morgan fingerprint density at radius 1 is 1.20 bits per heavy atom. The second-order valence-corrected chi connectivity index (χ2v) is 9.44. The molecule has 30 heavy (non-hydrogen) atoms. The van der Waals surface area contributed by atoms with E-state index in [-0.39, 0.29) is 35.3 Å². The maximum Gasteiger partial charge on any atom is 0.293 e. The van der Waals surface area contributed by atoms with E-state index in [0.717, 1.165) is 23.2 Å². The summed E-state index contributed by atoms with van der Waals surface area (Å²) >= 11 is 3.48. The molecule has 0 aliphatic heterocycles. The summed E-state index contributed by atoms with van der Waals surface area (Å²) in [5.41, 5.74) is 1.21. The number of aryl methyl sites for hydroxylation is 1. The number of sulfone groups is 1. The second-order valence-electron chi connectivity index (χ2n) is 6.63. The number of aromatic nitrogens is 1. The lowest BCUT2D eigenvalue weighted by Gasteiger charge is -2.10. The Kier molecular flexibility index (Phi) is 6.13. The average molecular weight is 495 g/mol. The molecule has 11 heteroatoms. The molecule has 9 nitrogen and oxygen atoms in total. The summed E-state index contributed by atoms with van der Waals surface area (Å²) in [6, 6.07) is 11.3. The lowest BCUT2D eigenvalue weighted by Crippen LogP contribution is -2.30. The Morgan fingerprint density at radius 2 is 1.90 bits per heavy atom. The van der Waals surface area contributed by atoms with Gasteiger partial charge in [-0.2, -0.15) is 0 Å². The highest BCUT2D eigenvalue weighted by molar-refractivity contribution is 9.10. The molecule has 0 bridgehead atoms. The van der Waals surface area contributed by atoms with Crippen molar-refractivity contribution < 1.29 is 18.1 Å². The van der Waals surface area contributed by atoms with Crippen molar-refractivity contribution in [2.75, 3.05) is 24.7 Å². The molecule has 3 aromatic rings. The zero-order valence-electron chi connectivity index (χ0n) is 16.2. The van der Waals surface area contributed by atoms with Crippen LogP contribution in [0.4, 0.5) is 11.4 Å². The van der Waals surface area contributed by atoms with Crippen molar-refractivity contribution in [1.29, 1.82) is 0 Å². The molecule has 1 heterocycles. The van der Waals surface area contributed by atoms with Crippen LogP contribution in [0.15, 0.2) is 51.8 Å². The highest BCUT2D eigenvalue weighted by Gasteiger charge is 2.20. The van der Waals surface area contributed by atoms with Gasteiger partial charge in [-0.05, 0) is 34.1 Å². The first-order valence-corrected chi connectivity index (χ1v) is 11.5. The quantitative estimate of drug-likeness (QED) is 0.295. The number of hydrogen-bond acceptors (Lipinski definition) is 6. The monoisotopic (exact) mass is 494 g/mol. The van der Waals surface area contributed by atoms with Crippen LogP contribution < -0.4 is 10.6 Å². The first-order chi connectivity index (χ1) is 14.1. The van der Waals surface area contributed by atoms with Crippen molar-refractivity contribution in [3.63, 3.8) is 0 Å². The Morgan fingerprint density at radius 3 is 2.53 bits per heavy atom. The number of rotatable bonds is 7. The molecule has 0 saturated carbocycles. The number of hydrogen-bond donors (Lipinski definition) is 2. The van der Waals surface area contributed by atoms with Crippen LogP contribution in [0.3, 0.4) is 0 Å². The van der Waals surface area contributed by atoms with Crippen LogP contribution >= 0.6 is 15.9 Å². The molecule has 0 spiro atoms. The van der Waals surface area contributed by atoms with Crippen LogP contribution in [0.1, 0.15) is 10.5 Å². The standard InChI is InChI=1S/C19H19BrN4O5S/c1-23-15-6-4-3-5-13(15)17(20)18(23)19(25)22-10-9-21-14-8-7-12(30(2,28)29)11-16(14)24(26)27/h3-8,11,21H,9-10H2,1-2H3,(H,22,25). The van der Waals surface area contributed by atoms with Gasteiger partial charge >= 0.3 is 0 Å². The SMILES string of the molecule is Cn1c(C(=O)NCCNc2ccc(S(C)(=O)=O)cc2[N+](=O)[O-])c(Br)c2ccccc21. The minimum atomic E-state index is -3.56. The lowest BCUT2D eigenvalue weighted by molar-refractivity contribution is -0.384. The number of carbonyl (C=O) groups excluding carboxylic acids is 1. The molecule has 0 atom stereocenters. The average Bonchev–Trinajstić information content (AvgIpc) is 2.95. The number of halogens is 1. The van der Waals surface area contributed by atoms with Gasteiger partial charge in [-0.25, -0.2) is 8.42 Å². The van der Waals surface area contributed by atoms with Gasteiger partial charge in [-0.1, -0.05) is 18.2 Å². The number of nitrogens with zero attached hydrogens (tertiary/aromatic N) is 2. The third kappa shape index (κ3) is 4.31. The Bertz CT molecular complexity index is 1210. The smallest absolute Gasteiger partial charge is 0.293 e. The van der Waals surface area contributed by atoms with Crippen LogP contribution in [0.2, 0.25) is 0 Å². The van der Waals surface area contributed by atoms with Gasteiger partial charge in [-0.15, -0.1) is 0 Å². The number of amides is 1. The predicted molar refractivity (Wildman–Crippen MR) is 118 cm³/mol. The van der Waals surface area contributed by atoms with E-state index in [1.165, 1.54) is 12.1 Å². The van der Waals surface area contributed by atoms with Gasteiger partial charge in [0, 0.05) is 43.4 Å². The van der Waals surface area contributed by atoms with Crippen molar-refractivity contribution in [3.8, 4) is 0 Å². The van der Waals surface area contributed by atoms with Gasteiger partial charge < -0.3 is 15.2 Å². The molecule has 3 rings (SSSR count). The number of fused-ring (bicyclic) bond motifs is 1. The van der Waals surface area contributed by atoms with Gasteiger partial charge in [0.05, 0.1) is 14.3 Å². The minimum Gasteiger partial charge on any atom is -0.378 e. The van der Waals surface area contributed by atoms with E-state index in [4.69, 9.17) is 0 Å². The second kappa shape index (κ2) is 8.44. The molecule has 1 aromatic heterocycles. The fourth-order valence-corrected chi connectivity index (χ4v) is 4.52. The summed E-state index contributed by atoms with van der Waals surface area (Å²) in [5.74, 6) is -0.288. The van der Waals surface area contributed by atoms with Gasteiger partial charge in [-0.3, -0.25) is 14.9 Å². The largest absolute Gasteiger partial charge is 0.378 e. The number of nitro benzene ring substituents is 1. The molecular formula is C19H19BrN4O5S. The zero-order valence-corrected chi connectivity index (χ0v) is 18.6. The van der Waals surface area contributed by atoms with Crippen molar-refractivity contribution in [3.05, 3.63) is 62.7 Å². The molecule has 0 aliphatic rings. The van der Waals surface area contributed by atoms with Crippen LogP contribution in [0.25, 0.3) is 10.9 Å². The molecule has 0 radical (unpaired) electrons. The summed E-state index contributed by atoms with van der Waals surface area (Å²) in [7, 11) is -1.76. The highest BCUT2D eigenvalue weighted by atomic mass is 79.9. The third-order valence-corrected chi connectivity index (χ3v) is 6.49. The van der Waals surface area contributed by atoms with E-state index in [1.807, 2.05) is 24.3 Å². The van der Waals surface area contributed by atoms with Crippen molar-refractivity contribution >= 4 is 54.0 Å². The van der Waals surface area contributed by atoms with Crippen molar-refractivity contribution in [1.82, 2.24) is 9.88 Å². The van der Waals surface area contributed by atoms with Crippen LogP contribution in [0, 0.1) is 10.1 Å². The topological polar surface area (TPSA) is 123 Å². The van der Waals surface area contributed by atoms with E-state index in [2.05, 4.69) is 26.6 Å². The van der Waals surface area contributed by atoms with Gasteiger partial charge in [0.2, 0.25) is 0 Å². The molecule has 1 amide bonds. The predicted octanol–water partition coefficient (Wildman–Crippen LogP) is 3.09. The van der Waals surface area contributed by atoms with Crippen molar-refractivity contribution in [2.24, 2.45) is 7.05 Å². The van der Waals surface area contributed by atoms with Gasteiger partial charge in [0.15, 0.2) is 9.84 Å². The van der Waals surface area contributed by atoms with E-state index in [0.29, 0.717) is 10.2 Å². The highest BCUT2D eigenvalue weighted by Crippen LogP contribution is 2.30. The van der Waals surface area contributed by atoms with Crippen LogP contribution in [-0.4, -0.2) is 43.2 Å². The fraction of sp³-hybridized carbons (Fsp3) is 0.211. The number of benzene rings is 2. The molecule has 0 fully saturated rings. The van der Waals surface area contributed by atoms with E-state index in [9.17, 15) is 23.3 Å². The lowest BCUT2D eigenvalue weighted by atomic mass is 10.2. The van der Waals surface area contributed by atoms with Gasteiger partial charge in [0.1, 0.15) is 11.4 Å². The maximum absolute atomic E-state index is 12.6. The minimum absolute atomic E-state index is 0.131. The van der Waals surface area contributed by atoms with E-state index >= 15 is 0 Å². The first kappa shape index (κ1) is 21.8. The molecular weight excluding hydrogens is 476 g/mol. The summed E-state index contributed by atoms with van der Waals surface area (Å²) in [5, 5.41) is 17.8. The molecule has 2 N–H and O–H groups in total. The Hall–Kier alpha value is -2.92. The molecule has 158 valence electrons. The number of nitro groups is 1. The number of carbonyl (C=O) groups is 1. The Balaban J connectivity index is 1.68. The summed E-state index contributed by atoms with van der Waals surface area (Å²) < 4.78 is 25.7. The van der Waals surface area contributed by atoms with Crippen LogP contribution in [0.5, 0.6) is 0 Å². The number of anilines is 1. The Labute approximate surface area is 181 Å². The first-order valence-electron chi connectivity index (χ1n) is 8.84. The molecule has 0 unspecified atom stereocenters. The number of para-hydroxylation sites is 1. The molecule has 0 aliphatic carbocycles. The zero-order chi connectivity index (χ0) is 22.1.